The Morgan fingerprint density at radius 3 is 2.74 bits per heavy atom. The molecular formula is C17H20O2. The van der Waals surface area contributed by atoms with Gasteiger partial charge in [-0.2, -0.15) is 0 Å². The molecule has 0 spiro atoms. The monoisotopic (exact) mass is 256 g/mol. The van der Waals surface area contributed by atoms with E-state index in [0.29, 0.717) is 0 Å². The Balaban J connectivity index is 1.87. The standard InChI is InChI=1S/C17H20O2/c18-16(12-13-6-2-1-3-7-13)15-10-4-8-14-9-5-11-19-17(14)15/h4,8,10,12H,1-3,5-7,9,11H2. The molecule has 100 valence electrons. The molecule has 0 aromatic heterocycles. The highest BCUT2D eigenvalue weighted by molar-refractivity contribution is 6.07. The van der Waals surface area contributed by atoms with Crippen LogP contribution in [0.4, 0.5) is 0 Å². The molecule has 19 heavy (non-hydrogen) atoms. The number of hydrogen-bond donors (Lipinski definition) is 0. The summed E-state index contributed by atoms with van der Waals surface area (Å²) < 4.78 is 5.71. The minimum atomic E-state index is 0.121. The molecule has 2 nitrogen and oxygen atoms in total. The number of fused-ring (bicyclic) bond motifs is 1. The second-order valence-electron chi connectivity index (χ2n) is 5.47. The number of ether oxygens (including phenoxy) is 1. The van der Waals surface area contributed by atoms with Gasteiger partial charge < -0.3 is 4.74 Å². The Kier molecular flexibility index (Phi) is 3.67. The minimum absolute atomic E-state index is 0.121. The summed E-state index contributed by atoms with van der Waals surface area (Å²) in [7, 11) is 0. The van der Waals surface area contributed by atoms with Crippen molar-refractivity contribution in [2.45, 2.75) is 44.9 Å². The summed E-state index contributed by atoms with van der Waals surface area (Å²) >= 11 is 0. The van der Waals surface area contributed by atoms with E-state index in [1.54, 1.807) is 0 Å². The molecule has 1 saturated carbocycles. The zero-order chi connectivity index (χ0) is 13.1. The molecule has 1 fully saturated rings. The average molecular weight is 256 g/mol. The van der Waals surface area contributed by atoms with Crippen LogP contribution in [0.25, 0.3) is 0 Å². The van der Waals surface area contributed by atoms with Crippen LogP contribution >= 0.6 is 0 Å². The summed E-state index contributed by atoms with van der Waals surface area (Å²) in [6, 6.07) is 5.94. The van der Waals surface area contributed by atoms with Gasteiger partial charge >= 0.3 is 0 Å². The van der Waals surface area contributed by atoms with Crippen LogP contribution in [0.2, 0.25) is 0 Å². The highest BCUT2D eigenvalue weighted by atomic mass is 16.5. The molecule has 1 aliphatic carbocycles. The molecule has 0 unspecified atom stereocenters. The van der Waals surface area contributed by atoms with Gasteiger partial charge in [0, 0.05) is 0 Å². The van der Waals surface area contributed by atoms with Crippen LogP contribution in [0.3, 0.4) is 0 Å². The Bertz CT molecular complexity index is 506. The fourth-order valence-corrected chi connectivity index (χ4v) is 3.00. The first-order valence-corrected chi connectivity index (χ1v) is 7.33. The van der Waals surface area contributed by atoms with Gasteiger partial charge in [0.05, 0.1) is 12.2 Å². The first kappa shape index (κ1) is 12.5. The molecule has 2 heteroatoms. The second kappa shape index (κ2) is 5.60. The predicted molar refractivity (Wildman–Crippen MR) is 75.8 cm³/mol. The zero-order valence-corrected chi connectivity index (χ0v) is 11.3. The number of para-hydroxylation sites is 1. The number of benzene rings is 1. The van der Waals surface area contributed by atoms with Crippen LogP contribution in [-0.4, -0.2) is 12.4 Å². The van der Waals surface area contributed by atoms with Gasteiger partial charge in [0.2, 0.25) is 0 Å². The Hall–Kier alpha value is -1.57. The Morgan fingerprint density at radius 2 is 1.89 bits per heavy atom. The first-order valence-electron chi connectivity index (χ1n) is 7.33. The van der Waals surface area contributed by atoms with E-state index in [9.17, 15) is 4.79 Å². The van der Waals surface area contributed by atoms with E-state index >= 15 is 0 Å². The van der Waals surface area contributed by atoms with Gasteiger partial charge in [-0.15, -0.1) is 0 Å². The van der Waals surface area contributed by atoms with Gasteiger partial charge in [-0.05, 0) is 56.2 Å². The molecule has 3 rings (SSSR count). The van der Waals surface area contributed by atoms with Crippen LogP contribution < -0.4 is 4.74 Å². The first-order chi connectivity index (χ1) is 9.34. The second-order valence-corrected chi connectivity index (χ2v) is 5.47. The van der Waals surface area contributed by atoms with Crippen molar-refractivity contribution in [3.05, 3.63) is 41.0 Å². The quantitative estimate of drug-likeness (QED) is 0.588. The maximum Gasteiger partial charge on any atom is 0.189 e. The number of rotatable bonds is 2. The van der Waals surface area contributed by atoms with Crippen molar-refractivity contribution in [1.82, 2.24) is 0 Å². The summed E-state index contributed by atoms with van der Waals surface area (Å²) in [5, 5.41) is 0. The van der Waals surface area contributed by atoms with E-state index in [0.717, 1.165) is 43.6 Å². The van der Waals surface area contributed by atoms with Crippen molar-refractivity contribution in [3.8, 4) is 5.75 Å². The molecule has 1 aromatic rings. The van der Waals surface area contributed by atoms with Crippen molar-refractivity contribution in [2.24, 2.45) is 0 Å². The zero-order valence-electron chi connectivity index (χ0n) is 11.3. The van der Waals surface area contributed by atoms with E-state index in [1.165, 1.54) is 30.4 Å². The van der Waals surface area contributed by atoms with Gasteiger partial charge in [-0.25, -0.2) is 0 Å². The summed E-state index contributed by atoms with van der Waals surface area (Å²) in [5.41, 5.74) is 3.24. The molecule has 1 aliphatic heterocycles. The molecule has 0 radical (unpaired) electrons. The molecule has 1 heterocycles. The average Bonchev–Trinajstić information content (AvgIpc) is 2.47. The summed E-state index contributed by atoms with van der Waals surface area (Å²) in [5.74, 6) is 0.946. The minimum Gasteiger partial charge on any atom is -0.493 e. The molecule has 0 saturated heterocycles. The maximum absolute atomic E-state index is 12.4. The molecule has 0 amide bonds. The van der Waals surface area contributed by atoms with Crippen molar-refractivity contribution < 1.29 is 9.53 Å². The third kappa shape index (κ3) is 2.73. The molecule has 1 aromatic carbocycles. The number of hydrogen-bond acceptors (Lipinski definition) is 2. The number of carbonyl (C=O) groups is 1. The third-order valence-electron chi connectivity index (χ3n) is 4.03. The highest BCUT2D eigenvalue weighted by Crippen LogP contribution is 2.30. The lowest BCUT2D eigenvalue weighted by molar-refractivity contribution is 0.104. The van der Waals surface area contributed by atoms with Crippen LogP contribution in [0.1, 0.15) is 54.4 Å². The van der Waals surface area contributed by atoms with Gasteiger partial charge in [-0.1, -0.05) is 24.1 Å². The normalized spacial score (nSPS) is 18.4. The van der Waals surface area contributed by atoms with E-state index in [1.807, 2.05) is 18.2 Å². The lowest BCUT2D eigenvalue weighted by Gasteiger charge is -2.19. The topological polar surface area (TPSA) is 26.3 Å². The van der Waals surface area contributed by atoms with E-state index < -0.39 is 0 Å². The number of carbonyl (C=O) groups excluding carboxylic acids is 1. The smallest absolute Gasteiger partial charge is 0.189 e. The number of ketones is 1. The van der Waals surface area contributed by atoms with Crippen LogP contribution in [0.15, 0.2) is 29.8 Å². The third-order valence-corrected chi connectivity index (χ3v) is 4.03. The van der Waals surface area contributed by atoms with E-state index in [-0.39, 0.29) is 5.78 Å². The SMILES string of the molecule is O=C(C=C1CCCCC1)c1cccc2c1OCCC2. The number of aryl methyl sites for hydroxylation is 1. The van der Waals surface area contributed by atoms with Crippen LogP contribution in [-0.2, 0) is 6.42 Å². The summed E-state index contributed by atoms with van der Waals surface area (Å²) in [4.78, 5) is 12.4. The largest absolute Gasteiger partial charge is 0.493 e. The molecular weight excluding hydrogens is 236 g/mol. The lowest BCUT2D eigenvalue weighted by Crippen LogP contribution is -2.12. The van der Waals surface area contributed by atoms with Crippen molar-refractivity contribution in [1.29, 1.82) is 0 Å². The number of allylic oxidation sites excluding steroid dienone is 2. The predicted octanol–water partition coefficient (Wildman–Crippen LogP) is 4.08. The van der Waals surface area contributed by atoms with Gasteiger partial charge in [0.15, 0.2) is 5.78 Å². The summed E-state index contributed by atoms with van der Waals surface area (Å²) in [6.45, 7) is 0.730. The van der Waals surface area contributed by atoms with Gasteiger partial charge in [0.25, 0.3) is 0 Å². The maximum atomic E-state index is 12.4. The van der Waals surface area contributed by atoms with Crippen molar-refractivity contribution in [3.63, 3.8) is 0 Å². The van der Waals surface area contributed by atoms with Crippen LogP contribution in [0, 0.1) is 0 Å². The van der Waals surface area contributed by atoms with E-state index in [4.69, 9.17) is 4.74 Å². The molecule has 2 aliphatic rings. The fraction of sp³-hybridized carbons (Fsp3) is 0.471. The van der Waals surface area contributed by atoms with Crippen molar-refractivity contribution >= 4 is 5.78 Å². The van der Waals surface area contributed by atoms with Gasteiger partial charge in [0.1, 0.15) is 5.75 Å². The lowest BCUT2D eigenvalue weighted by atomic mass is 9.92. The molecule has 0 atom stereocenters. The molecule has 0 N–H and O–H groups in total. The molecule has 0 bridgehead atoms. The van der Waals surface area contributed by atoms with E-state index in [2.05, 4.69) is 6.07 Å². The Morgan fingerprint density at radius 1 is 1.05 bits per heavy atom. The Labute approximate surface area is 114 Å². The summed E-state index contributed by atoms with van der Waals surface area (Å²) in [6.07, 6.45) is 9.84. The van der Waals surface area contributed by atoms with Crippen LogP contribution in [0.5, 0.6) is 5.75 Å². The highest BCUT2D eigenvalue weighted by Gasteiger charge is 2.18. The van der Waals surface area contributed by atoms with Gasteiger partial charge in [-0.3, -0.25) is 4.79 Å². The fourth-order valence-electron chi connectivity index (χ4n) is 3.00. The van der Waals surface area contributed by atoms with Crippen molar-refractivity contribution in [2.75, 3.05) is 6.61 Å².